The van der Waals surface area contributed by atoms with Gasteiger partial charge in [0.1, 0.15) is 11.3 Å². The summed E-state index contributed by atoms with van der Waals surface area (Å²) in [7, 11) is 1.52. The van der Waals surface area contributed by atoms with Crippen molar-refractivity contribution in [3.8, 4) is 12.0 Å². The fourth-order valence-corrected chi connectivity index (χ4v) is 4.09. The van der Waals surface area contributed by atoms with Crippen LogP contribution in [-0.2, 0) is 17.9 Å². The first-order valence-electron chi connectivity index (χ1n) is 10.7. The molecule has 1 aliphatic rings. The van der Waals surface area contributed by atoms with Gasteiger partial charge in [-0.2, -0.15) is 9.97 Å². The minimum Gasteiger partial charge on any atom is -0.468 e. The fraction of sp³-hybridized carbons (Fsp3) is 0.250. The minimum atomic E-state index is -0.560. The second-order valence-electron chi connectivity index (χ2n) is 7.96. The smallest absolute Gasteiger partial charge is 0.304 e. The van der Waals surface area contributed by atoms with Crippen LogP contribution in [0, 0.1) is 0 Å². The third kappa shape index (κ3) is 3.76. The number of nitrogens with one attached hydrogen (secondary N) is 1. The average molecular weight is 444 g/mol. The zero-order valence-electron chi connectivity index (χ0n) is 18.4. The van der Waals surface area contributed by atoms with Crippen LogP contribution < -0.4 is 15.8 Å². The maximum absolute atomic E-state index is 11.9. The molecule has 2 aromatic heterocycles. The van der Waals surface area contributed by atoms with Crippen molar-refractivity contribution in [3.63, 3.8) is 0 Å². The van der Waals surface area contributed by atoms with Crippen LogP contribution in [0.2, 0.25) is 0 Å². The standard InChI is InChI=1S/C24H24N6O3/c1-14-12-33-13-17-19(14)27-23(29-22(17)26-11-15-7-4-3-5-8-15)30-18-10-6-9-16(21(25)31)20(18)28-24(30)32-2/h3-10,14H,11-13H2,1-2H3,(H2,25,31)(H,26,27,29). The summed E-state index contributed by atoms with van der Waals surface area (Å²) in [4.78, 5) is 26.2. The molecular weight excluding hydrogens is 420 g/mol. The molecule has 168 valence electrons. The summed E-state index contributed by atoms with van der Waals surface area (Å²) in [6.45, 7) is 3.69. The molecule has 3 heterocycles. The average Bonchev–Trinajstić information content (AvgIpc) is 3.22. The third-order valence-electron chi connectivity index (χ3n) is 5.71. The number of ether oxygens (including phenoxy) is 2. The summed E-state index contributed by atoms with van der Waals surface area (Å²) in [5.41, 5.74) is 9.94. The van der Waals surface area contributed by atoms with Crippen molar-refractivity contribution < 1.29 is 14.3 Å². The molecule has 5 rings (SSSR count). The normalized spacial score (nSPS) is 15.3. The number of rotatable bonds is 6. The zero-order valence-corrected chi connectivity index (χ0v) is 18.4. The third-order valence-corrected chi connectivity index (χ3v) is 5.71. The van der Waals surface area contributed by atoms with E-state index in [-0.39, 0.29) is 11.9 Å². The summed E-state index contributed by atoms with van der Waals surface area (Å²) in [6.07, 6.45) is 0. The van der Waals surface area contributed by atoms with Gasteiger partial charge in [-0.05, 0) is 17.7 Å². The molecule has 2 aromatic carbocycles. The van der Waals surface area contributed by atoms with Gasteiger partial charge >= 0.3 is 6.01 Å². The van der Waals surface area contributed by atoms with Gasteiger partial charge in [0.2, 0.25) is 5.95 Å². The van der Waals surface area contributed by atoms with Gasteiger partial charge in [0.05, 0.1) is 37.1 Å². The van der Waals surface area contributed by atoms with Crippen molar-refractivity contribution in [2.45, 2.75) is 26.0 Å². The number of primary amides is 1. The lowest BCUT2D eigenvalue weighted by molar-refractivity contribution is 0.0933. The summed E-state index contributed by atoms with van der Waals surface area (Å²) in [5, 5.41) is 3.45. The van der Waals surface area contributed by atoms with E-state index in [1.165, 1.54) is 7.11 Å². The lowest BCUT2D eigenvalue weighted by Gasteiger charge is -2.25. The molecule has 9 nitrogen and oxygen atoms in total. The molecule has 0 fully saturated rings. The van der Waals surface area contributed by atoms with Gasteiger partial charge in [-0.15, -0.1) is 0 Å². The summed E-state index contributed by atoms with van der Waals surface area (Å²) in [5.74, 6) is 0.629. The first kappa shape index (κ1) is 20.9. The van der Waals surface area contributed by atoms with Gasteiger partial charge < -0.3 is 20.5 Å². The molecular formula is C24H24N6O3. The first-order chi connectivity index (χ1) is 16.1. The number of imidazole rings is 1. The molecule has 0 saturated heterocycles. The second-order valence-corrected chi connectivity index (χ2v) is 7.96. The largest absolute Gasteiger partial charge is 0.468 e. The van der Waals surface area contributed by atoms with Crippen LogP contribution in [0.1, 0.15) is 40.0 Å². The van der Waals surface area contributed by atoms with Crippen LogP contribution in [0.15, 0.2) is 48.5 Å². The molecule has 3 N–H and O–H groups in total. The van der Waals surface area contributed by atoms with Gasteiger partial charge in [-0.1, -0.05) is 43.3 Å². The van der Waals surface area contributed by atoms with Crippen molar-refractivity contribution >= 4 is 22.8 Å². The van der Waals surface area contributed by atoms with Crippen LogP contribution in [0.3, 0.4) is 0 Å². The number of para-hydroxylation sites is 1. The Morgan fingerprint density at radius 1 is 1.18 bits per heavy atom. The van der Waals surface area contributed by atoms with E-state index in [2.05, 4.69) is 29.4 Å². The predicted molar refractivity (Wildman–Crippen MR) is 124 cm³/mol. The zero-order chi connectivity index (χ0) is 22.9. The van der Waals surface area contributed by atoms with E-state index in [4.69, 9.17) is 25.2 Å². The number of nitrogens with zero attached hydrogens (tertiary/aromatic N) is 4. The number of anilines is 1. The molecule has 1 aliphatic heterocycles. The molecule has 1 unspecified atom stereocenters. The van der Waals surface area contributed by atoms with E-state index < -0.39 is 5.91 Å². The van der Waals surface area contributed by atoms with Gasteiger partial charge in [-0.3, -0.25) is 4.79 Å². The van der Waals surface area contributed by atoms with Crippen LogP contribution in [-0.4, -0.2) is 39.1 Å². The van der Waals surface area contributed by atoms with E-state index in [9.17, 15) is 4.79 Å². The van der Waals surface area contributed by atoms with Crippen LogP contribution in [0.5, 0.6) is 6.01 Å². The summed E-state index contributed by atoms with van der Waals surface area (Å²) in [6, 6.07) is 15.6. The van der Waals surface area contributed by atoms with Crippen LogP contribution in [0.4, 0.5) is 5.82 Å². The number of aromatic nitrogens is 4. The van der Waals surface area contributed by atoms with E-state index >= 15 is 0 Å². The fourth-order valence-electron chi connectivity index (χ4n) is 4.09. The molecule has 0 spiro atoms. The van der Waals surface area contributed by atoms with Crippen molar-refractivity contribution in [1.82, 2.24) is 19.5 Å². The monoisotopic (exact) mass is 444 g/mol. The second kappa shape index (κ2) is 8.51. The Morgan fingerprint density at radius 2 is 2.00 bits per heavy atom. The van der Waals surface area contributed by atoms with Crippen LogP contribution in [0.25, 0.3) is 17.0 Å². The van der Waals surface area contributed by atoms with Gasteiger partial charge in [0.15, 0.2) is 0 Å². The number of fused-ring (bicyclic) bond motifs is 2. The highest BCUT2D eigenvalue weighted by molar-refractivity contribution is 6.04. The molecule has 0 saturated carbocycles. The number of amides is 1. The van der Waals surface area contributed by atoms with Gasteiger partial charge in [-0.25, -0.2) is 9.55 Å². The minimum absolute atomic E-state index is 0.0923. The highest BCUT2D eigenvalue weighted by atomic mass is 16.5. The Balaban J connectivity index is 1.67. The first-order valence-corrected chi connectivity index (χ1v) is 10.7. The number of methoxy groups -OCH3 is 1. The van der Waals surface area contributed by atoms with Crippen molar-refractivity contribution in [2.24, 2.45) is 5.73 Å². The Hall–Kier alpha value is -3.98. The van der Waals surface area contributed by atoms with E-state index in [0.29, 0.717) is 48.1 Å². The molecule has 33 heavy (non-hydrogen) atoms. The van der Waals surface area contributed by atoms with Crippen LogP contribution >= 0.6 is 0 Å². The Labute approximate surface area is 190 Å². The lowest BCUT2D eigenvalue weighted by Crippen LogP contribution is -2.21. The molecule has 0 radical (unpaired) electrons. The molecule has 9 heteroatoms. The Kier molecular flexibility index (Phi) is 5.39. The predicted octanol–water partition coefficient (Wildman–Crippen LogP) is 3.17. The van der Waals surface area contributed by atoms with Gasteiger partial charge in [0.25, 0.3) is 5.91 Å². The van der Waals surface area contributed by atoms with Gasteiger partial charge in [0, 0.05) is 18.0 Å². The number of hydrogen-bond acceptors (Lipinski definition) is 7. The SMILES string of the molecule is COc1nc2c(C(N)=O)cccc2n1-c1nc(NCc2ccccc2)c2c(n1)C(C)COC2. The molecule has 0 aliphatic carbocycles. The van der Waals surface area contributed by atoms with Crippen molar-refractivity contribution in [2.75, 3.05) is 19.0 Å². The quantitative estimate of drug-likeness (QED) is 0.469. The van der Waals surface area contributed by atoms with E-state index in [1.54, 1.807) is 16.7 Å². The Morgan fingerprint density at radius 3 is 2.76 bits per heavy atom. The lowest BCUT2D eigenvalue weighted by atomic mass is 10.0. The highest BCUT2D eigenvalue weighted by Gasteiger charge is 2.26. The van der Waals surface area contributed by atoms with Crippen molar-refractivity contribution in [3.05, 3.63) is 70.9 Å². The van der Waals surface area contributed by atoms with E-state index in [0.717, 1.165) is 16.8 Å². The summed E-state index contributed by atoms with van der Waals surface area (Å²) >= 11 is 0. The summed E-state index contributed by atoms with van der Waals surface area (Å²) < 4.78 is 13.0. The maximum Gasteiger partial charge on any atom is 0.304 e. The molecule has 0 bridgehead atoms. The number of carbonyl (C=O) groups is 1. The number of benzene rings is 2. The maximum atomic E-state index is 11.9. The topological polar surface area (TPSA) is 117 Å². The molecule has 1 atom stereocenters. The number of hydrogen-bond donors (Lipinski definition) is 2. The molecule has 4 aromatic rings. The van der Waals surface area contributed by atoms with E-state index in [1.807, 2.05) is 24.3 Å². The highest BCUT2D eigenvalue weighted by Crippen LogP contribution is 2.33. The van der Waals surface area contributed by atoms with Crippen molar-refractivity contribution in [1.29, 1.82) is 0 Å². The number of nitrogens with two attached hydrogens (primary N) is 1. The number of carbonyl (C=O) groups excluding carboxylic acids is 1. The molecule has 1 amide bonds. The Bertz CT molecular complexity index is 1340.